The molecule has 0 radical (unpaired) electrons. The summed E-state index contributed by atoms with van der Waals surface area (Å²) in [4.78, 5) is 16.9. The Labute approximate surface area is 163 Å². The van der Waals surface area contributed by atoms with Crippen LogP contribution in [-0.2, 0) is 24.5 Å². The molecule has 27 heavy (non-hydrogen) atoms. The van der Waals surface area contributed by atoms with Gasteiger partial charge in [-0.3, -0.25) is 4.79 Å². The molecule has 0 saturated heterocycles. The van der Waals surface area contributed by atoms with Gasteiger partial charge in [-0.15, -0.1) is 11.3 Å². The van der Waals surface area contributed by atoms with Crippen molar-refractivity contribution in [2.24, 2.45) is 0 Å². The molecule has 140 valence electrons. The zero-order valence-electron chi connectivity index (χ0n) is 15.2. The molecular formula is C21H22N2O3S. The Morgan fingerprint density at radius 3 is 2.63 bits per heavy atom. The summed E-state index contributed by atoms with van der Waals surface area (Å²) in [6.07, 6.45) is 0. The molecule has 1 aromatic heterocycles. The highest BCUT2D eigenvalue weighted by molar-refractivity contribution is 7.07. The third kappa shape index (κ3) is 5.39. The van der Waals surface area contributed by atoms with E-state index < -0.39 is 0 Å². The van der Waals surface area contributed by atoms with E-state index in [1.807, 2.05) is 48.7 Å². The number of benzene rings is 2. The molecule has 0 aliphatic carbocycles. The largest absolute Gasteiger partial charge is 0.486 e. The molecule has 0 spiro atoms. The quantitative estimate of drug-likeness (QED) is 0.603. The van der Waals surface area contributed by atoms with Crippen LogP contribution in [0.5, 0.6) is 5.75 Å². The number of rotatable bonds is 9. The second kappa shape index (κ2) is 9.85. The Morgan fingerprint density at radius 2 is 1.85 bits per heavy atom. The van der Waals surface area contributed by atoms with Gasteiger partial charge in [0.2, 0.25) is 0 Å². The van der Waals surface area contributed by atoms with E-state index in [2.05, 4.69) is 10.3 Å². The van der Waals surface area contributed by atoms with Crippen molar-refractivity contribution in [3.05, 3.63) is 81.8 Å². The number of nitrogens with zero attached hydrogens (tertiary/aromatic N) is 1. The van der Waals surface area contributed by atoms with E-state index in [0.29, 0.717) is 37.7 Å². The summed E-state index contributed by atoms with van der Waals surface area (Å²) in [5, 5.41) is 4.91. The van der Waals surface area contributed by atoms with Crippen molar-refractivity contribution in [3.8, 4) is 5.75 Å². The lowest BCUT2D eigenvalue weighted by atomic mass is 10.1. The van der Waals surface area contributed by atoms with E-state index in [1.54, 1.807) is 17.6 Å². The summed E-state index contributed by atoms with van der Waals surface area (Å²) in [5.74, 6) is 0.376. The minimum atomic E-state index is -0.171. The molecule has 0 saturated carbocycles. The summed E-state index contributed by atoms with van der Waals surface area (Å²) in [7, 11) is 0. The number of thiazole rings is 1. The van der Waals surface area contributed by atoms with Gasteiger partial charge in [0.1, 0.15) is 12.4 Å². The fourth-order valence-corrected chi connectivity index (χ4v) is 3.14. The van der Waals surface area contributed by atoms with Crippen molar-refractivity contribution in [1.29, 1.82) is 0 Å². The molecule has 0 bridgehead atoms. The molecule has 0 atom stereocenters. The SMILES string of the molecule is CCOCc1ccccc1CNC(=O)c1ccccc1OCc1cscn1. The lowest BCUT2D eigenvalue weighted by molar-refractivity contribution is 0.0945. The van der Waals surface area contributed by atoms with Crippen LogP contribution < -0.4 is 10.1 Å². The molecule has 0 fully saturated rings. The van der Waals surface area contributed by atoms with Crippen molar-refractivity contribution >= 4 is 17.2 Å². The van der Waals surface area contributed by atoms with Gasteiger partial charge in [-0.1, -0.05) is 36.4 Å². The fraction of sp³-hybridized carbons (Fsp3) is 0.238. The van der Waals surface area contributed by atoms with E-state index in [0.717, 1.165) is 16.8 Å². The number of nitrogens with one attached hydrogen (secondary N) is 1. The van der Waals surface area contributed by atoms with E-state index in [1.165, 1.54) is 11.3 Å². The van der Waals surface area contributed by atoms with Crippen molar-refractivity contribution < 1.29 is 14.3 Å². The lowest BCUT2D eigenvalue weighted by Gasteiger charge is -2.13. The Hall–Kier alpha value is -2.70. The topological polar surface area (TPSA) is 60.5 Å². The zero-order valence-corrected chi connectivity index (χ0v) is 16.0. The molecule has 6 heteroatoms. The minimum Gasteiger partial charge on any atom is -0.486 e. The van der Waals surface area contributed by atoms with Gasteiger partial charge in [0, 0.05) is 18.5 Å². The summed E-state index contributed by atoms with van der Waals surface area (Å²) in [5.41, 5.74) is 5.24. The maximum Gasteiger partial charge on any atom is 0.255 e. The first-order valence-corrected chi connectivity index (χ1v) is 9.73. The third-order valence-electron chi connectivity index (χ3n) is 4.01. The minimum absolute atomic E-state index is 0.171. The Kier molecular flexibility index (Phi) is 6.96. The first-order chi connectivity index (χ1) is 13.3. The maximum absolute atomic E-state index is 12.7. The van der Waals surface area contributed by atoms with Crippen molar-refractivity contribution in [1.82, 2.24) is 10.3 Å². The van der Waals surface area contributed by atoms with Crippen molar-refractivity contribution in [3.63, 3.8) is 0 Å². The first-order valence-electron chi connectivity index (χ1n) is 8.79. The smallest absolute Gasteiger partial charge is 0.255 e. The number of amides is 1. The molecular weight excluding hydrogens is 360 g/mol. The third-order valence-corrected chi connectivity index (χ3v) is 4.65. The Bertz CT molecular complexity index is 865. The van der Waals surface area contributed by atoms with Crippen LogP contribution in [0, 0.1) is 0 Å². The van der Waals surface area contributed by atoms with E-state index in [4.69, 9.17) is 9.47 Å². The van der Waals surface area contributed by atoms with Crippen LogP contribution in [0.4, 0.5) is 0 Å². The van der Waals surface area contributed by atoms with Gasteiger partial charge in [-0.05, 0) is 30.2 Å². The summed E-state index contributed by atoms with van der Waals surface area (Å²) in [6.45, 7) is 3.93. The lowest BCUT2D eigenvalue weighted by Crippen LogP contribution is -2.24. The average molecular weight is 382 g/mol. The van der Waals surface area contributed by atoms with Crippen LogP contribution in [0.25, 0.3) is 0 Å². The second-order valence-corrected chi connectivity index (χ2v) is 6.57. The molecule has 3 rings (SSSR count). The molecule has 0 aliphatic rings. The van der Waals surface area contributed by atoms with Gasteiger partial charge in [0.15, 0.2) is 0 Å². The highest BCUT2D eigenvalue weighted by atomic mass is 32.1. The van der Waals surface area contributed by atoms with Crippen molar-refractivity contribution in [2.45, 2.75) is 26.7 Å². The molecule has 1 amide bonds. The van der Waals surface area contributed by atoms with Crippen LogP contribution in [0.15, 0.2) is 59.4 Å². The molecule has 1 N–H and O–H groups in total. The van der Waals surface area contributed by atoms with Gasteiger partial charge in [0.25, 0.3) is 5.91 Å². The van der Waals surface area contributed by atoms with E-state index in [9.17, 15) is 4.79 Å². The van der Waals surface area contributed by atoms with Crippen LogP contribution in [0.2, 0.25) is 0 Å². The first kappa shape index (κ1) is 19.1. The summed E-state index contributed by atoms with van der Waals surface area (Å²) < 4.78 is 11.3. The molecule has 5 nitrogen and oxygen atoms in total. The summed E-state index contributed by atoms with van der Waals surface area (Å²) >= 11 is 1.52. The summed E-state index contributed by atoms with van der Waals surface area (Å²) in [6, 6.07) is 15.2. The predicted molar refractivity (Wildman–Crippen MR) is 106 cm³/mol. The molecule has 0 aliphatic heterocycles. The van der Waals surface area contributed by atoms with Crippen LogP contribution in [0.1, 0.15) is 34.1 Å². The fourth-order valence-electron chi connectivity index (χ4n) is 2.59. The monoisotopic (exact) mass is 382 g/mol. The van der Waals surface area contributed by atoms with Crippen LogP contribution >= 0.6 is 11.3 Å². The maximum atomic E-state index is 12.7. The molecule has 2 aromatic carbocycles. The van der Waals surface area contributed by atoms with E-state index >= 15 is 0 Å². The molecule has 1 heterocycles. The highest BCUT2D eigenvalue weighted by Gasteiger charge is 2.13. The highest BCUT2D eigenvalue weighted by Crippen LogP contribution is 2.20. The van der Waals surface area contributed by atoms with Gasteiger partial charge in [0.05, 0.1) is 23.4 Å². The van der Waals surface area contributed by atoms with Crippen molar-refractivity contribution in [2.75, 3.05) is 6.61 Å². The Balaban J connectivity index is 1.65. The Morgan fingerprint density at radius 1 is 1.07 bits per heavy atom. The number of hydrogen-bond acceptors (Lipinski definition) is 5. The van der Waals surface area contributed by atoms with Gasteiger partial charge in [-0.25, -0.2) is 4.98 Å². The van der Waals surface area contributed by atoms with Gasteiger partial charge in [-0.2, -0.15) is 0 Å². The number of ether oxygens (including phenoxy) is 2. The number of carbonyl (C=O) groups is 1. The van der Waals surface area contributed by atoms with Gasteiger partial charge < -0.3 is 14.8 Å². The predicted octanol–water partition coefficient (Wildman–Crippen LogP) is 4.19. The van der Waals surface area contributed by atoms with E-state index in [-0.39, 0.29) is 5.91 Å². The van der Waals surface area contributed by atoms with Crippen LogP contribution in [-0.4, -0.2) is 17.5 Å². The standard InChI is InChI=1S/C21H22N2O3S/c1-2-25-12-17-8-4-3-7-16(17)11-22-21(24)19-9-5-6-10-20(19)26-13-18-14-27-15-23-18/h3-10,14-15H,2,11-13H2,1H3,(H,22,24). The normalized spacial score (nSPS) is 10.6. The number of carbonyl (C=O) groups excluding carboxylic acids is 1. The molecule has 3 aromatic rings. The average Bonchev–Trinajstić information content (AvgIpc) is 3.23. The number of para-hydroxylation sites is 1. The molecule has 0 unspecified atom stereocenters. The zero-order chi connectivity index (χ0) is 18.9. The van der Waals surface area contributed by atoms with Gasteiger partial charge >= 0.3 is 0 Å². The van der Waals surface area contributed by atoms with Crippen LogP contribution in [0.3, 0.4) is 0 Å². The number of hydrogen-bond donors (Lipinski definition) is 1. The second-order valence-electron chi connectivity index (χ2n) is 5.85. The number of aromatic nitrogens is 1.